The van der Waals surface area contributed by atoms with E-state index in [0.29, 0.717) is 16.6 Å². The van der Waals surface area contributed by atoms with Gasteiger partial charge in [-0.05, 0) is 47.0 Å². The lowest BCUT2D eigenvalue weighted by Crippen LogP contribution is -2.43. The Morgan fingerprint density at radius 2 is 2.10 bits per heavy atom. The molecule has 1 aromatic heterocycles. The van der Waals surface area contributed by atoms with Crippen molar-refractivity contribution in [3.8, 4) is 0 Å². The molecule has 0 aliphatic carbocycles. The van der Waals surface area contributed by atoms with Crippen LogP contribution in [0.3, 0.4) is 0 Å². The monoisotopic (exact) mass is 486 g/mol. The average Bonchev–Trinajstić information content (AvgIpc) is 3.15. The molecule has 2 amide bonds. The Labute approximate surface area is 179 Å². The van der Waals surface area contributed by atoms with Gasteiger partial charge >= 0.3 is 0 Å². The normalized spacial score (nSPS) is 16.3. The minimum atomic E-state index is -2.66. The molecule has 3 rings (SSSR count). The largest absolute Gasteiger partial charge is 0.384 e. The van der Waals surface area contributed by atoms with E-state index >= 15 is 0 Å². The van der Waals surface area contributed by atoms with Gasteiger partial charge in [0.2, 0.25) is 0 Å². The maximum absolute atomic E-state index is 12.9. The number of hydrogen-bond donors (Lipinski definition) is 2. The summed E-state index contributed by atoms with van der Waals surface area (Å²) in [5.41, 5.74) is 5.95. The maximum atomic E-state index is 12.9. The fourth-order valence-electron chi connectivity index (χ4n) is 3.25. The number of nitrogens with zero attached hydrogens (tertiary/aromatic N) is 2. The summed E-state index contributed by atoms with van der Waals surface area (Å²) in [7, 11) is 0. The molecule has 10 heteroatoms. The van der Waals surface area contributed by atoms with E-state index in [0.717, 1.165) is 18.9 Å². The minimum Gasteiger partial charge on any atom is -0.384 e. The molecule has 2 heterocycles. The van der Waals surface area contributed by atoms with E-state index in [1.807, 2.05) is 0 Å². The molecule has 3 N–H and O–H groups in total. The van der Waals surface area contributed by atoms with Gasteiger partial charge in [-0.3, -0.25) is 9.59 Å². The number of aromatic nitrogens is 1. The zero-order chi connectivity index (χ0) is 21.1. The second kappa shape index (κ2) is 9.04. The summed E-state index contributed by atoms with van der Waals surface area (Å²) in [6.45, 7) is 0.771. The molecule has 1 unspecified atom stereocenters. The third-order valence-corrected chi connectivity index (χ3v) is 5.68. The Kier molecular flexibility index (Phi) is 6.69. The van der Waals surface area contributed by atoms with E-state index in [-0.39, 0.29) is 40.5 Å². The second-order valence-electron chi connectivity index (χ2n) is 6.63. The number of carbonyl (C=O) groups is 2. The number of halogens is 4. The van der Waals surface area contributed by atoms with Crippen LogP contribution in [0, 0.1) is 0 Å². The molecule has 6 nitrogen and oxygen atoms in total. The van der Waals surface area contributed by atoms with E-state index in [1.165, 1.54) is 24.4 Å². The topological polar surface area (TPSA) is 88.3 Å². The highest BCUT2D eigenvalue weighted by Crippen LogP contribution is 2.26. The highest BCUT2D eigenvalue weighted by Gasteiger charge is 2.31. The van der Waals surface area contributed by atoms with Crippen molar-refractivity contribution in [2.45, 2.75) is 25.3 Å². The van der Waals surface area contributed by atoms with E-state index in [2.05, 4.69) is 26.2 Å². The molecule has 1 aliphatic heterocycles. The van der Waals surface area contributed by atoms with Crippen molar-refractivity contribution in [3.05, 3.63) is 56.6 Å². The van der Waals surface area contributed by atoms with Crippen LogP contribution in [-0.2, 0) is 0 Å². The number of nitrogens with two attached hydrogens (primary N) is 1. The molecule has 0 radical (unpaired) electrons. The third-order valence-electron chi connectivity index (χ3n) is 4.73. The van der Waals surface area contributed by atoms with Gasteiger partial charge in [0.05, 0.1) is 16.1 Å². The lowest BCUT2D eigenvalue weighted by molar-refractivity contribution is 0.0724. The fourth-order valence-corrected chi connectivity index (χ4v) is 3.91. The van der Waals surface area contributed by atoms with Crippen LogP contribution in [0.15, 0.2) is 34.9 Å². The van der Waals surface area contributed by atoms with Gasteiger partial charge in [0, 0.05) is 35.4 Å². The van der Waals surface area contributed by atoms with Crippen LogP contribution in [0.4, 0.5) is 14.6 Å². The van der Waals surface area contributed by atoms with Crippen LogP contribution >= 0.6 is 27.5 Å². The van der Waals surface area contributed by atoms with Crippen molar-refractivity contribution < 1.29 is 18.4 Å². The van der Waals surface area contributed by atoms with Gasteiger partial charge in [-0.25, -0.2) is 13.8 Å². The number of anilines is 1. The smallest absolute Gasteiger partial charge is 0.263 e. The summed E-state index contributed by atoms with van der Waals surface area (Å²) in [6.07, 6.45) is 0.334. The molecule has 0 saturated carbocycles. The lowest BCUT2D eigenvalue weighted by atomic mass is 10.1. The Morgan fingerprint density at radius 1 is 1.34 bits per heavy atom. The van der Waals surface area contributed by atoms with Crippen molar-refractivity contribution in [2.24, 2.45) is 0 Å². The standard InChI is InChI=1S/C19H18BrClF2N4O2/c20-14-9-25-16(24)7-13(14)19(29)27-5-1-2-11(27)8-26-18(28)12-4-3-10(17(22)23)6-15(12)21/h3-4,6-7,9,11,17H,1-2,5,8H2,(H2,24,25)(H,26,28). The Balaban J connectivity index is 1.68. The first-order chi connectivity index (χ1) is 13.8. The summed E-state index contributed by atoms with van der Waals surface area (Å²) >= 11 is 9.28. The number of nitrogen functional groups attached to an aromatic ring is 1. The van der Waals surface area contributed by atoms with E-state index in [4.69, 9.17) is 17.3 Å². The highest BCUT2D eigenvalue weighted by molar-refractivity contribution is 9.10. The van der Waals surface area contributed by atoms with E-state index in [9.17, 15) is 18.4 Å². The minimum absolute atomic E-state index is 0.0455. The van der Waals surface area contributed by atoms with E-state index in [1.54, 1.807) is 4.90 Å². The molecule has 29 heavy (non-hydrogen) atoms. The molecule has 0 bridgehead atoms. The number of pyridine rings is 1. The van der Waals surface area contributed by atoms with Crippen LogP contribution in [0.2, 0.25) is 5.02 Å². The molecule has 1 saturated heterocycles. The van der Waals surface area contributed by atoms with Crippen LogP contribution in [-0.4, -0.2) is 40.8 Å². The van der Waals surface area contributed by atoms with Gasteiger partial charge in [0.1, 0.15) is 5.82 Å². The van der Waals surface area contributed by atoms with Crippen molar-refractivity contribution in [1.29, 1.82) is 0 Å². The first-order valence-electron chi connectivity index (χ1n) is 8.85. The first-order valence-corrected chi connectivity index (χ1v) is 10.0. The van der Waals surface area contributed by atoms with Crippen molar-refractivity contribution in [2.75, 3.05) is 18.8 Å². The lowest BCUT2D eigenvalue weighted by Gasteiger charge is -2.25. The first kappa shape index (κ1) is 21.4. The summed E-state index contributed by atoms with van der Waals surface area (Å²) in [5.74, 6) is -0.450. The number of amides is 2. The Hall–Kier alpha value is -2.26. The Morgan fingerprint density at radius 3 is 2.79 bits per heavy atom. The summed E-state index contributed by atoms with van der Waals surface area (Å²) in [5, 5.41) is 2.69. The molecule has 0 spiro atoms. The highest BCUT2D eigenvalue weighted by atomic mass is 79.9. The third kappa shape index (κ3) is 4.84. The SMILES string of the molecule is Nc1cc(C(=O)N2CCCC2CNC(=O)c2ccc(C(F)F)cc2Cl)c(Br)cn1. The summed E-state index contributed by atoms with van der Waals surface area (Å²) in [4.78, 5) is 30.9. The van der Waals surface area contributed by atoms with Gasteiger partial charge in [-0.2, -0.15) is 0 Å². The van der Waals surface area contributed by atoms with E-state index < -0.39 is 12.3 Å². The molecular formula is C19H18BrClF2N4O2. The zero-order valence-corrected chi connectivity index (χ0v) is 17.5. The number of hydrogen-bond acceptors (Lipinski definition) is 4. The van der Waals surface area contributed by atoms with Crippen molar-refractivity contribution in [1.82, 2.24) is 15.2 Å². The molecule has 154 valence electrons. The van der Waals surface area contributed by atoms with Gasteiger partial charge in [-0.1, -0.05) is 17.7 Å². The predicted molar refractivity (Wildman–Crippen MR) is 109 cm³/mol. The number of carbonyl (C=O) groups excluding carboxylic acids is 2. The average molecular weight is 488 g/mol. The molecule has 1 fully saturated rings. The van der Waals surface area contributed by atoms with Crippen molar-refractivity contribution >= 4 is 45.2 Å². The molecule has 1 atom stereocenters. The number of rotatable bonds is 5. The van der Waals surface area contributed by atoms with Crippen LogP contribution in [0.1, 0.15) is 45.5 Å². The number of nitrogens with one attached hydrogen (secondary N) is 1. The Bertz CT molecular complexity index is 944. The molecular weight excluding hydrogens is 470 g/mol. The molecule has 1 aromatic carbocycles. The van der Waals surface area contributed by atoms with Crippen LogP contribution < -0.4 is 11.1 Å². The maximum Gasteiger partial charge on any atom is 0.263 e. The zero-order valence-electron chi connectivity index (χ0n) is 15.2. The number of benzene rings is 1. The van der Waals surface area contributed by atoms with Gasteiger partial charge in [-0.15, -0.1) is 0 Å². The number of likely N-dealkylation sites (tertiary alicyclic amines) is 1. The molecule has 1 aliphatic rings. The summed E-state index contributed by atoms with van der Waals surface area (Å²) < 4.78 is 26.0. The van der Waals surface area contributed by atoms with Gasteiger partial charge < -0.3 is 16.0 Å². The number of alkyl halides is 2. The van der Waals surface area contributed by atoms with Crippen LogP contribution in [0.25, 0.3) is 0 Å². The predicted octanol–water partition coefficient (Wildman–Crippen LogP) is 4.05. The van der Waals surface area contributed by atoms with Gasteiger partial charge in [0.25, 0.3) is 18.2 Å². The fraction of sp³-hybridized carbons (Fsp3) is 0.316. The summed E-state index contributed by atoms with van der Waals surface area (Å²) in [6, 6.07) is 4.82. The second-order valence-corrected chi connectivity index (χ2v) is 7.90. The van der Waals surface area contributed by atoms with Crippen molar-refractivity contribution in [3.63, 3.8) is 0 Å². The van der Waals surface area contributed by atoms with Crippen LogP contribution in [0.5, 0.6) is 0 Å². The quantitative estimate of drug-likeness (QED) is 0.666. The van der Waals surface area contributed by atoms with Gasteiger partial charge in [0.15, 0.2) is 0 Å². The molecule has 2 aromatic rings.